The molecule has 1 atom stereocenters. The minimum Gasteiger partial charge on any atom is -0.465 e. The number of nitrogens with zero attached hydrogens (tertiary/aromatic N) is 4. The summed E-state index contributed by atoms with van der Waals surface area (Å²) >= 11 is 0. The first-order chi connectivity index (χ1) is 20.3. The van der Waals surface area contributed by atoms with Gasteiger partial charge in [-0.25, -0.2) is 19.2 Å². The fraction of sp³-hybridized carbons (Fsp3) is 0.483. The zero-order valence-electron chi connectivity index (χ0n) is 25.0. The van der Waals surface area contributed by atoms with E-state index in [1.165, 1.54) is 23.2 Å². The Kier molecular flexibility index (Phi) is 8.54. The number of carbonyl (C=O) groups excluding carboxylic acids is 2. The molecule has 12 nitrogen and oxygen atoms in total. The Hall–Kier alpha value is -3.88. The van der Waals surface area contributed by atoms with Gasteiger partial charge in [0.05, 0.1) is 24.9 Å². The average Bonchev–Trinajstić information content (AvgIpc) is 3.32. The second kappa shape index (κ2) is 12.0. The molecular weight excluding hydrogens is 575 g/mol. The molecule has 1 fully saturated rings. The van der Waals surface area contributed by atoms with Crippen molar-refractivity contribution in [3.05, 3.63) is 52.2 Å². The summed E-state index contributed by atoms with van der Waals surface area (Å²) in [4.78, 5) is 46.8. The SMILES string of the molecule is CC(C)(C)[Si](C)(C)OCCn1c(=O)ccc2ccc(F)c(CCNCC3CN(c4cnc5c(n4)NC(=O)CO5)C(=O)O3)c21. The van der Waals surface area contributed by atoms with Crippen molar-refractivity contribution >= 4 is 42.9 Å². The van der Waals surface area contributed by atoms with Crippen molar-refractivity contribution in [1.82, 2.24) is 19.9 Å². The fourth-order valence-electron chi connectivity index (χ4n) is 4.79. The zero-order chi connectivity index (χ0) is 30.9. The number of rotatable bonds is 10. The molecule has 0 saturated carbocycles. The molecule has 0 aliphatic carbocycles. The van der Waals surface area contributed by atoms with Crippen LogP contribution in [0, 0.1) is 5.82 Å². The van der Waals surface area contributed by atoms with E-state index in [9.17, 15) is 14.4 Å². The van der Waals surface area contributed by atoms with Crippen LogP contribution in [0.3, 0.4) is 0 Å². The number of ether oxygens (including phenoxy) is 2. The number of halogens is 1. The highest BCUT2D eigenvalue weighted by Crippen LogP contribution is 2.36. The van der Waals surface area contributed by atoms with Crippen LogP contribution < -0.4 is 25.8 Å². The Labute approximate surface area is 249 Å². The lowest BCUT2D eigenvalue weighted by Gasteiger charge is -2.36. The molecule has 230 valence electrons. The molecule has 2 N–H and O–H groups in total. The zero-order valence-corrected chi connectivity index (χ0v) is 26.0. The molecule has 3 aromatic rings. The van der Waals surface area contributed by atoms with Crippen LogP contribution >= 0.6 is 0 Å². The molecule has 2 aliphatic heterocycles. The largest absolute Gasteiger partial charge is 0.465 e. The van der Waals surface area contributed by atoms with Gasteiger partial charge in [0.25, 0.3) is 17.3 Å². The number of amides is 2. The van der Waals surface area contributed by atoms with Crippen LogP contribution in [-0.4, -0.2) is 73.8 Å². The second-order valence-corrected chi connectivity index (χ2v) is 17.0. The number of nitrogens with one attached hydrogen (secondary N) is 2. The molecule has 0 spiro atoms. The van der Waals surface area contributed by atoms with Crippen LogP contribution in [0.2, 0.25) is 18.1 Å². The average molecular weight is 613 g/mol. The van der Waals surface area contributed by atoms with Crippen LogP contribution in [0.25, 0.3) is 10.9 Å². The Bertz CT molecular complexity index is 1610. The number of benzene rings is 1. The number of hydrogen-bond donors (Lipinski definition) is 2. The van der Waals surface area contributed by atoms with Gasteiger partial charge in [-0.2, -0.15) is 0 Å². The minimum atomic E-state index is -2.02. The van der Waals surface area contributed by atoms with E-state index in [2.05, 4.69) is 54.5 Å². The Morgan fingerprint density at radius 2 is 1.95 bits per heavy atom. The third kappa shape index (κ3) is 6.55. The fourth-order valence-corrected chi connectivity index (χ4v) is 5.83. The van der Waals surface area contributed by atoms with E-state index < -0.39 is 20.5 Å². The molecule has 0 bridgehead atoms. The minimum absolute atomic E-state index is 0.0326. The summed E-state index contributed by atoms with van der Waals surface area (Å²) in [6.07, 6.45) is 0.622. The normalized spacial score (nSPS) is 17.1. The monoisotopic (exact) mass is 612 g/mol. The lowest BCUT2D eigenvalue weighted by Crippen LogP contribution is -2.41. The van der Waals surface area contributed by atoms with Crippen molar-refractivity contribution in [2.45, 2.75) is 58.0 Å². The maximum absolute atomic E-state index is 15.2. The molecule has 5 rings (SSSR count). The van der Waals surface area contributed by atoms with Gasteiger partial charge in [-0.1, -0.05) is 20.8 Å². The number of anilines is 2. The molecule has 1 saturated heterocycles. The number of carbonyl (C=O) groups is 2. The summed E-state index contributed by atoms with van der Waals surface area (Å²) in [5, 5.41) is 6.62. The maximum Gasteiger partial charge on any atom is 0.416 e. The van der Waals surface area contributed by atoms with Crippen molar-refractivity contribution < 1.29 is 27.9 Å². The third-order valence-corrected chi connectivity index (χ3v) is 12.7. The Morgan fingerprint density at radius 1 is 1.19 bits per heavy atom. The standard InChI is InChI=1S/C29H37FN6O6Si/c1-29(2,3)43(4,5)41-13-12-35-24(38)9-7-18-6-8-21(30)20(25(18)35)10-11-31-14-19-16-36(28(39)42-19)22-15-32-27-26(33-22)34-23(37)17-40-27/h6-9,15,19,31H,10-14,16-17H2,1-5H3,(H,33,34,37). The van der Waals surface area contributed by atoms with Gasteiger partial charge in [-0.05, 0) is 54.7 Å². The van der Waals surface area contributed by atoms with Gasteiger partial charge >= 0.3 is 6.09 Å². The van der Waals surface area contributed by atoms with Gasteiger partial charge in [0.2, 0.25) is 0 Å². The highest BCUT2D eigenvalue weighted by atomic mass is 28.4. The van der Waals surface area contributed by atoms with E-state index >= 15 is 4.39 Å². The first kappa shape index (κ1) is 30.6. The smallest absolute Gasteiger partial charge is 0.416 e. The maximum atomic E-state index is 15.2. The predicted octanol–water partition coefficient (Wildman–Crippen LogP) is 3.44. The van der Waals surface area contributed by atoms with Crippen LogP contribution in [0.1, 0.15) is 26.3 Å². The van der Waals surface area contributed by atoms with Crippen molar-refractivity contribution in [1.29, 1.82) is 0 Å². The molecule has 1 aromatic carbocycles. The van der Waals surface area contributed by atoms with Crippen molar-refractivity contribution in [2.75, 3.05) is 43.1 Å². The first-order valence-corrected chi connectivity index (χ1v) is 17.2. The number of aromatic nitrogens is 3. The van der Waals surface area contributed by atoms with Gasteiger partial charge in [0.1, 0.15) is 11.9 Å². The molecule has 2 aromatic heterocycles. The third-order valence-electron chi connectivity index (χ3n) is 8.18. The van der Waals surface area contributed by atoms with Crippen molar-refractivity contribution in [2.24, 2.45) is 0 Å². The molecule has 2 aliphatic rings. The highest BCUT2D eigenvalue weighted by Gasteiger charge is 2.37. The predicted molar refractivity (Wildman–Crippen MR) is 162 cm³/mol. The van der Waals surface area contributed by atoms with E-state index in [0.29, 0.717) is 43.7 Å². The van der Waals surface area contributed by atoms with Crippen LogP contribution in [-0.2, 0) is 26.9 Å². The first-order valence-electron chi connectivity index (χ1n) is 14.3. The van der Waals surface area contributed by atoms with E-state index in [1.54, 1.807) is 16.7 Å². The summed E-state index contributed by atoms with van der Waals surface area (Å²) in [7, 11) is -2.02. The number of cyclic esters (lactones) is 1. The Morgan fingerprint density at radius 3 is 2.72 bits per heavy atom. The van der Waals surface area contributed by atoms with Gasteiger partial charge in [-0.3, -0.25) is 14.5 Å². The number of pyridine rings is 1. The second-order valence-electron chi connectivity index (χ2n) is 12.2. The van der Waals surface area contributed by atoms with Crippen LogP contribution in [0.15, 0.2) is 35.3 Å². The summed E-state index contributed by atoms with van der Waals surface area (Å²) in [6.45, 7) is 12.2. The van der Waals surface area contributed by atoms with Crippen LogP contribution in [0.4, 0.5) is 20.8 Å². The van der Waals surface area contributed by atoms with E-state index in [-0.39, 0.29) is 53.0 Å². The lowest BCUT2D eigenvalue weighted by molar-refractivity contribution is -0.118. The van der Waals surface area contributed by atoms with Gasteiger partial charge in [0, 0.05) is 24.7 Å². The lowest BCUT2D eigenvalue weighted by atomic mass is 10.1. The molecule has 4 heterocycles. The van der Waals surface area contributed by atoms with Crippen molar-refractivity contribution in [3.63, 3.8) is 0 Å². The topological polar surface area (TPSA) is 137 Å². The van der Waals surface area contributed by atoms with Gasteiger partial charge < -0.3 is 29.1 Å². The highest BCUT2D eigenvalue weighted by molar-refractivity contribution is 6.74. The Balaban J connectivity index is 1.22. The summed E-state index contributed by atoms with van der Waals surface area (Å²) in [5.74, 6) is -0.192. The quantitative estimate of drug-likeness (QED) is 0.261. The molecule has 14 heteroatoms. The summed E-state index contributed by atoms with van der Waals surface area (Å²) in [6, 6.07) is 6.32. The van der Waals surface area contributed by atoms with Crippen LogP contribution in [0.5, 0.6) is 5.88 Å². The van der Waals surface area contributed by atoms with E-state index in [1.807, 2.05) is 0 Å². The molecule has 0 radical (unpaired) electrons. The molecule has 1 unspecified atom stereocenters. The molecule has 2 amide bonds. The summed E-state index contributed by atoms with van der Waals surface area (Å²) < 4.78 is 33.8. The molecule has 43 heavy (non-hydrogen) atoms. The van der Waals surface area contributed by atoms with E-state index in [4.69, 9.17) is 13.9 Å². The van der Waals surface area contributed by atoms with Gasteiger partial charge in [0.15, 0.2) is 26.6 Å². The molecular formula is C29H37FN6O6Si. The van der Waals surface area contributed by atoms with Gasteiger partial charge in [-0.15, -0.1) is 0 Å². The summed E-state index contributed by atoms with van der Waals surface area (Å²) in [5.41, 5.74) is 0.794. The number of fused-ring (bicyclic) bond motifs is 2. The van der Waals surface area contributed by atoms with Crippen molar-refractivity contribution in [3.8, 4) is 5.88 Å². The number of hydrogen-bond acceptors (Lipinski definition) is 9. The van der Waals surface area contributed by atoms with E-state index in [0.717, 1.165) is 5.39 Å².